The number of likely N-dealkylation sites (tertiary alicyclic amines) is 1. The minimum atomic E-state index is -0.504. The quantitative estimate of drug-likeness (QED) is 0.257. The number of halogens is 1. The van der Waals surface area contributed by atoms with E-state index in [2.05, 4.69) is 46.7 Å². The molecule has 0 aliphatic carbocycles. The Bertz CT molecular complexity index is 496. The zero-order valence-electron chi connectivity index (χ0n) is 19.6. The Hall–Kier alpha value is -0.770. The van der Waals surface area contributed by atoms with E-state index >= 15 is 0 Å². The Morgan fingerprint density at radius 1 is 1.14 bits per heavy atom. The second-order valence-corrected chi connectivity index (χ2v) is 9.00. The second kappa shape index (κ2) is 13.5. The first-order valence-electron chi connectivity index (χ1n) is 10.8. The molecule has 29 heavy (non-hydrogen) atoms. The van der Waals surface area contributed by atoms with Gasteiger partial charge in [-0.25, -0.2) is 4.79 Å². The number of guanidine groups is 1. The van der Waals surface area contributed by atoms with Gasteiger partial charge in [0.2, 0.25) is 0 Å². The van der Waals surface area contributed by atoms with Crippen LogP contribution in [0.25, 0.3) is 0 Å². The molecule has 1 fully saturated rings. The molecule has 1 heterocycles. The summed E-state index contributed by atoms with van der Waals surface area (Å²) in [6, 6.07) is 0. The molecule has 0 aromatic carbocycles. The molecule has 0 atom stereocenters. The summed E-state index contributed by atoms with van der Waals surface area (Å²) < 4.78 is 5.44. The lowest BCUT2D eigenvalue weighted by molar-refractivity contribution is 0.0448. The fourth-order valence-electron chi connectivity index (χ4n) is 3.46. The van der Waals surface area contributed by atoms with Crippen LogP contribution in [-0.2, 0) is 4.74 Å². The van der Waals surface area contributed by atoms with Gasteiger partial charge in [0.25, 0.3) is 0 Å². The average molecular weight is 526 g/mol. The van der Waals surface area contributed by atoms with E-state index in [4.69, 9.17) is 4.74 Å². The van der Waals surface area contributed by atoms with Crippen molar-refractivity contribution in [1.82, 2.24) is 20.9 Å². The summed E-state index contributed by atoms with van der Waals surface area (Å²) in [5.41, 5.74) is -0.871. The van der Waals surface area contributed by atoms with Crippen LogP contribution in [0.1, 0.15) is 66.7 Å². The molecule has 1 amide bonds. The Balaban J connectivity index is 0.00000784. The third-order valence-electron chi connectivity index (χ3n) is 5.62. The summed E-state index contributed by atoms with van der Waals surface area (Å²) in [4.78, 5) is 19.0. The first-order chi connectivity index (χ1) is 13.1. The lowest BCUT2D eigenvalue weighted by Gasteiger charge is -2.34. The molecule has 0 aromatic heterocycles. The highest BCUT2D eigenvalue weighted by Gasteiger charge is 2.30. The van der Waals surface area contributed by atoms with E-state index in [1.807, 2.05) is 20.8 Å². The maximum absolute atomic E-state index is 12.3. The molecule has 172 valence electrons. The topological polar surface area (TPSA) is 78.0 Å². The van der Waals surface area contributed by atoms with Crippen molar-refractivity contribution in [2.24, 2.45) is 10.9 Å². The van der Waals surface area contributed by atoms with E-state index < -0.39 is 5.60 Å². The normalized spacial score (nSPS) is 16.7. The van der Waals surface area contributed by atoms with Gasteiger partial charge in [0.15, 0.2) is 5.96 Å². The van der Waals surface area contributed by atoms with Gasteiger partial charge in [-0.2, -0.15) is 0 Å². The lowest BCUT2D eigenvalue weighted by Crippen LogP contribution is -2.57. The minimum Gasteiger partial charge on any atom is -0.444 e. The lowest BCUT2D eigenvalue weighted by atomic mass is 9.93. The summed E-state index contributed by atoms with van der Waals surface area (Å²) >= 11 is 0. The second-order valence-electron chi connectivity index (χ2n) is 9.00. The van der Waals surface area contributed by atoms with Crippen LogP contribution in [0.15, 0.2) is 4.99 Å². The first kappa shape index (κ1) is 28.2. The van der Waals surface area contributed by atoms with Crippen molar-refractivity contribution in [2.45, 2.75) is 77.9 Å². The van der Waals surface area contributed by atoms with Gasteiger partial charge in [-0.1, -0.05) is 13.8 Å². The van der Waals surface area contributed by atoms with E-state index in [-0.39, 0.29) is 35.6 Å². The molecular weight excluding hydrogens is 481 g/mol. The van der Waals surface area contributed by atoms with E-state index in [0.29, 0.717) is 6.54 Å². The Morgan fingerprint density at radius 2 is 1.72 bits per heavy atom. The van der Waals surface area contributed by atoms with Crippen LogP contribution in [0.4, 0.5) is 4.79 Å². The number of carbonyl (C=O) groups is 1. The van der Waals surface area contributed by atoms with Crippen LogP contribution in [0.5, 0.6) is 0 Å². The van der Waals surface area contributed by atoms with Crippen molar-refractivity contribution in [3.05, 3.63) is 0 Å². The third kappa shape index (κ3) is 11.3. The number of nitrogens with zero attached hydrogens (tertiary/aromatic N) is 2. The van der Waals surface area contributed by atoms with E-state index in [1.54, 1.807) is 7.05 Å². The minimum absolute atomic E-state index is 0. The highest BCUT2D eigenvalue weighted by molar-refractivity contribution is 14.0. The molecule has 0 unspecified atom stereocenters. The fourth-order valence-corrected chi connectivity index (χ4v) is 3.46. The highest BCUT2D eigenvalue weighted by atomic mass is 127. The number of hydrogen-bond donors (Lipinski definition) is 3. The van der Waals surface area contributed by atoms with Crippen molar-refractivity contribution >= 4 is 36.0 Å². The van der Waals surface area contributed by atoms with Crippen LogP contribution in [0, 0.1) is 5.92 Å². The molecule has 3 N–H and O–H groups in total. The summed E-state index contributed by atoms with van der Waals surface area (Å²) in [5, 5.41) is 9.87. The molecule has 1 saturated heterocycles. The van der Waals surface area contributed by atoms with Gasteiger partial charge in [0, 0.05) is 20.1 Å². The average Bonchev–Trinajstić information content (AvgIpc) is 2.63. The fraction of sp³-hybridized carbons (Fsp3) is 0.905. The van der Waals surface area contributed by atoms with Crippen LogP contribution < -0.4 is 16.0 Å². The molecule has 0 saturated carbocycles. The third-order valence-corrected chi connectivity index (χ3v) is 5.62. The smallest absolute Gasteiger partial charge is 0.408 e. The van der Waals surface area contributed by atoms with Gasteiger partial charge < -0.3 is 25.6 Å². The molecule has 7 nitrogen and oxygen atoms in total. The van der Waals surface area contributed by atoms with Crippen LogP contribution in [0.3, 0.4) is 0 Å². The number of amides is 1. The largest absolute Gasteiger partial charge is 0.444 e. The van der Waals surface area contributed by atoms with Crippen molar-refractivity contribution in [2.75, 3.05) is 40.3 Å². The van der Waals surface area contributed by atoms with Gasteiger partial charge in [-0.05, 0) is 78.9 Å². The summed E-state index contributed by atoms with van der Waals surface area (Å²) in [6.07, 6.45) is 4.96. The first-order valence-corrected chi connectivity index (χ1v) is 10.8. The van der Waals surface area contributed by atoms with Gasteiger partial charge in [0.1, 0.15) is 5.60 Å². The Labute approximate surface area is 195 Å². The van der Waals surface area contributed by atoms with E-state index in [0.717, 1.165) is 37.7 Å². The number of piperidine rings is 1. The van der Waals surface area contributed by atoms with Gasteiger partial charge in [-0.15, -0.1) is 24.0 Å². The van der Waals surface area contributed by atoms with Crippen LogP contribution in [0.2, 0.25) is 0 Å². The Morgan fingerprint density at radius 3 is 2.21 bits per heavy atom. The van der Waals surface area contributed by atoms with E-state index in [9.17, 15) is 4.79 Å². The van der Waals surface area contributed by atoms with Crippen LogP contribution >= 0.6 is 24.0 Å². The summed E-state index contributed by atoms with van der Waals surface area (Å²) in [7, 11) is 3.98. The number of carbonyl (C=O) groups excluding carboxylic acids is 1. The summed E-state index contributed by atoms with van der Waals surface area (Å²) in [6.45, 7) is 13.7. The monoisotopic (exact) mass is 525 g/mol. The maximum atomic E-state index is 12.3. The van der Waals surface area contributed by atoms with Crippen LogP contribution in [-0.4, -0.2) is 68.4 Å². The number of ether oxygens (including phenoxy) is 1. The molecule has 8 heteroatoms. The molecule has 1 aliphatic rings. The Kier molecular flexibility index (Phi) is 13.2. The predicted molar refractivity (Wildman–Crippen MR) is 132 cm³/mol. The van der Waals surface area contributed by atoms with Crippen molar-refractivity contribution in [3.8, 4) is 0 Å². The van der Waals surface area contributed by atoms with Gasteiger partial charge in [0.05, 0.1) is 5.54 Å². The predicted octanol–water partition coefficient (Wildman–Crippen LogP) is 3.58. The number of alkyl carbamates (subject to hydrolysis) is 1. The van der Waals surface area contributed by atoms with Crippen molar-refractivity contribution in [1.29, 1.82) is 0 Å². The molecule has 0 bridgehead atoms. The molecule has 0 spiro atoms. The van der Waals surface area contributed by atoms with E-state index in [1.165, 1.54) is 25.9 Å². The molecule has 0 radical (unpaired) electrons. The number of aliphatic imine (C=N–C) groups is 1. The zero-order valence-corrected chi connectivity index (χ0v) is 21.9. The summed E-state index contributed by atoms with van der Waals surface area (Å²) in [5.74, 6) is 1.58. The van der Waals surface area contributed by atoms with Gasteiger partial charge >= 0.3 is 6.09 Å². The standard InChI is InChI=1S/C21H43N5O2.HI/c1-8-21(9-2,25-19(27)28-20(3,4)5)16-24-18(22-6)23-13-10-17-11-14-26(7)15-12-17;/h17H,8-16H2,1-7H3,(H,25,27)(H2,22,23,24);1H. The van der Waals surface area contributed by atoms with Crippen molar-refractivity contribution in [3.63, 3.8) is 0 Å². The number of hydrogen-bond acceptors (Lipinski definition) is 4. The van der Waals surface area contributed by atoms with Gasteiger partial charge in [-0.3, -0.25) is 4.99 Å². The SMILES string of the molecule is CCC(CC)(CNC(=NC)NCCC1CCN(C)CC1)NC(=O)OC(C)(C)C.I. The molecule has 1 rings (SSSR count). The highest BCUT2D eigenvalue weighted by Crippen LogP contribution is 2.19. The molecule has 1 aliphatic heterocycles. The molecule has 0 aromatic rings. The zero-order chi connectivity index (χ0) is 21.2. The maximum Gasteiger partial charge on any atom is 0.408 e. The molecular formula is C21H44IN5O2. The number of rotatable bonds is 8. The number of nitrogens with one attached hydrogen (secondary N) is 3. The van der Waals surface area contributed by atoms with Crippen molar-refractivity contribution < 1.29 is 9.53 Å².